The Morgan fingerprint density at radius 3 is 2.50 bits per heavy atom. The first-order valence-corrected chi connectivity index (χ1v) is 8.53. The minimum Gasteiger partial charge on any atom is -0.480 e. The zero-order valence-electron chi connectivity index (χ0n) is 13.7. The normalized spacial score (nSPS) is 23.8. The fourth-order valence-corrected chi connectivity index (χ4v) is 3.68. The Bertz CT molecular complexity index is 566. The molecule has 2 aliphatic rings. The number of nitrogens with zero attached hydrogens (tertiary/aromatic N) is 1. The van der Waals surface area contributed by atoms with Gasteiger partial charge in [-0.3, -0.25) is 0 Å². The van der Waals surface area contributed by atoms with Crippen LogP contribution in [0.5, 0.6) is 0 Å². The summed E-state index contributed by atoms with van der Waals surface area (Å²) in [4.78, 5) is 25.4. The van der Waals surface area contributed by atoms with Crippen molar-refractivity contribution >= 4 is 12.0 Å². The molecule has 6 nitrogen and oxygen atoms in total. The van der Waals surface area contributed by atoms with E-state index in [1.807, 2.05) is 30.3 Å². The Labute approximate surface area is 141 Å². The molecule has 0 bridgehead atoms. The third kappa shape index (κ3) is 4.06. The van der Waals surface area contributed by atoms with Gasteiger partial charge in [-0.15, -0.1) is 0 Å². The van der Waals surface area contributed by atoms with Crippen LogP contribution in [0.25, 0.3) is 0 Å². The second kappa shape index (κ2) is 7.66. The lowest BCUT2D eigenvalue weighted by Gasteiger charge is -2.21. The maximum Gasteiger partial charge on any atom is 0.328 e. The highest BCUT2D eigenvalue weighted by atomic mass is 16.5. The van der Waals surface area contributed by atoms with Gasteiger partial charge in [0.05, 0.1) is 13.2 Å². The SMILES string of the molecule is O=C(O)[C@H](COCc1ccccc1)NC(=O)N1C[C@H]2CCC[C@H]2C1. The van der Waals surface area contributed by atoms with Crippen molar-refractivity contribution in [3.63, 3.8) is 0 Å². The van der Waals surface area contributed by atoms with Crippen LogP contribution in [0.1, 0.15) is 24.8 Å². The van der Waals surface area contributed by atoms with Gasteiger partial charge in [-0.2, -0.15) is 0 Å². The van der Waals surface area contributed by atoms with Crippen LogP contribution >= 0.6 is 0 Å². The maximum atomic E-state index is 12.3. The molecular formula is C18H24N2O4. The van der Waals surface area contributed by atoms with Gasteiger partial charge in [0, 0.05) is 13.1 Å². The van der Waals surface area contributed by atoms with E-state index in [9.17, 15) is 14.7 Å². The van der Waals surface area contributed by atoms with Gasteiger partial charge in [-0.1, -0.05) is 36.8 Å². The topological polar surface area (TPSA) is 78.9 Å². The lowest BCUT2D eigenvalue weighted by atomic mass is 10.0. The number of carboxylic acid groups (broad SMARTS) is 1. The Balaban J connectivity index is 1.47. The summed E-state index contributed by atoms with van der Waals surface area (Å²) < 4.78 is 5.47. The van der Waals surface area contributed by atoms with Crippen molar-refractivity contribution in [2.45, 2.75) is 31.9 Å². The zero-order valence-corrected chi connectivity index (χ0v) is 13.7. The van der Waals surface area contributed by atoms with Crippen LogP contribution in [-0.2, 0) is 16.1 Å². The molecule has 2 amide bonds. The molecule has 3 atom stereocenters. The molecule has 1 saturated carbocycles. The number of nitrogens with one attached hydrogen (secondary N) is 1. The second-order valence-electron chi connectivity index (χ2n) is 6.70. The molecule has 2 fully saturated rings. The highest BCUT2D eigenvalue weighted by Gasteiger charge is 2.38. The molecule has 1 aliphatic heterocycles. The Kier molecular flexibility index (Phi) is 5.35. The third-order valence-electron chi connectivity index (χ3n) is 5.01. The molecule has 0 radical (unpaired) electrons. The first-order valence-electron chi connectivity index (χ1n) is 8.53. The molecule has 0 unspecified atom stereocenters. The first-order chi connectivity index (χ1) is 11.6. The van der Waals surface area contributed by atoms with E-state index < -0.39 is 12.0 Å². The summed E-state index contributed by atoms with van der Waals surface area (Å²) in [5, 5.41) is 11.9. The van der Waals surface area contributed by atoms with Crippen LogP contribution in [-0.4, -0.2) is 47.7 Å². The summed E-state index contributed by atoms with van der Waals surface area (Å²) in [5.74, 6) is 0.109. The van der Waals surface area contributed by atoms with E-state index in [-0.39, 0.29) is 12.6 Å². The number of likely N-dealkylation sites (tertiary alicyclic amines) is 1. The quantitative estimate of drug-likeness (QED) is 0.836. The number of amides is 2. The van der Waals surface area contributed by atoms with Gasteiger partial charge in [0.1, 0.15) is 0 Å². The largest absolute Gasteiger partial charge is 0.480 e. The molecule has 24 heavy (non-hydrogen) atoms. The summed E-state index contributed by atoms with van der Waals surface area (Å²) in [5.41, 5.74) is 0.973. The molecule has 2 N–H and O–H groups in total. The summed E-state index contributed by atoms with van der Waals surface area (Å²) >= 11 is 0. The van der Waals surface area contributed by atoms with Crippen molar-refractivity contribution in [3.8, 4) is 0 Å². The average molecular weight is 332 g/mol. The van der Waals surface area contributed by atoms with Gasteiger partial charge in [0.2, 0.25) is 0 Å². The van der Waals surface area contributed by atoms with Crippen molar-refractivity contribution in [1.82, 2.24) is 10.2 Å². The monoisotopic (exact) mass is 332 g/mol. The van der Waals surface area contributed by atoms with Crippen molar-refractivity contribution in [1.29, 1.82) is 0 Å². The highest BCUT2D eigenvalue weighted by molar-refractivity contribution is 5.82. The molecule has 1 aromatic rings. The molecular weight excluding hydrogens is 308 g/mol. The van der Waals surface area contributed by atoms with Gasteiger partial charge in [0.15, 0.2) is 6.04 Å². The van der Waals surface area contributed by atoms with Crippen molar-refractivity contribution < 1.29 is 19.4 Å². The fraction of sp³-hybridized carbons (Fsp3) is 0.556. The predicted molar refractivity (Wildman–Crippen MR) is 88.5 cm³/mol. The minimum absolute atomic E-state index is 0.0450. The summed E-state index contributed by atoms with van der Waals surface area (Å²) in [7, 11) is 0. The minimum atomic E-state index is -1.07. The molecule has 0 aromatic heterocycles. The lowest BCUT2D eigenvalue weighted by Crippen LogP contribution is -2.49. The van der Waals surface area contributed by atoms with Crippen molar-refractivity contribution in [3.05, 3.63) is 35.9 Å². The van der Waals surface area contributed by atoms with Crippen molar-refractivity contribution in [2.24, 2.45) is 11.8 Å². The van der Waals surface area contributed by atoms with Gasteiger partial charge >= 0.3 is 12.0 Å². The number of carboxylic acids is 1. The lowest BCUT2D eigenvalue weighted by molar-refractivity contribution is -0.141. The van der Waals surface area contributed by atoms with Crippen LogP contribution in [0.4, 0.5) is 4.79 Å². The van der Waals surface area contributed by atoms with Crippen LogP contribution in [0.15, 0.2) is 30.3 Å². The average Bonchev–Trinajstić information content (AvgIpc) is 3.16. The Morgan fingerprint density at radius 1 is 1.21 bits per heavy atom. The molecule has 130 valence electrons. The van der Waals surface area contributed by atoms with Gasteiger partial charge in [0.25, 0.3) is 0 Å². The Hall–Kier alpha value is -2.08. The molecule has 3 rings (SSSR count). The van der Waals surface area contributed by atoms with E-state index in [0.29, 0.717) is 18.4 Å². The van der Waals surface area contributed by atoms with Gasteiger partial charge in [-0.05, 0) is 30.2 Å². The maximum absolute atomic E-state index is 12.3. The molecule has 1 saturated heterocycles. The second-order valence-corrected chi connectivity index (χ2v) is 6.70. The van der Waals surface area contributed by atoms with E-state index in [4.69, 9.17) is 4.74 Å². The number of fused-ring (bicyclic) bond motifs is 1. The van der Waals surface area contributed by atoms with Gasteiger partial charge < -0.3 is 20.1 Å². The van der Waals surface area contributed by atoms with Gasteiger partial charge in [-0.25, -0.2) is 9.59 Å². The number of ether oxygens (including phenoxy) is 1. The van der Waals surface area contributed by atoms with E-state index in [2.05, 4.69) is 5.32 Å². The van der Waals surface area contributed by atoms with E-state index in [1.54, 1.807) is 4.90 Å². The number of benzene rings is 1. The smallest absolute Gasteiger partial charge is 0.328 e. The first kappa shape index (κ1) is 16.8. The summed E-state index contributed by atoms with van der Waals surface area (Å²) in [6.45, 7) is 1.77. The molecule has 0 spiro atoms. The van der Waals surface area contributed by atoms with Crippen molar-refractivity contribution in [2.75, 3.05) is 19.7 Å². The number of hydrogen-bond donors (Lipinski definition) is 2. The van der Waals surface area contributed by atoms with E-state index in [0.717, 1.165) is 18.7 Å². The van der Waals surface area contributed by atoms with Crippen LogP contribution < -0.4 is 5.32 Å². The fourth-order valence-electron chi connectivity index (χ4n) is 3.68. The number of carbonyl (C=O) groups is 2. The Morgan fingerprint density at radius 2 is 1.88 bits per heavy atom. The zero-order chi connectivity index (χ0) is 16.9. The summed E-state index contributed by atoms with van der Waals surface area (Å²) in [6.07, 6.45) is 3.60. The highest BCUT2D eigenvalue weighted by Crippen LogP contribution is 2.37. The predicted octanol–water partition coefficient (Wildman–Crippen LogP) is 2.10. The van der Waals surface area contributed by atoms with Crippen LogP contribution in [0.3, 0.4) is 0 Å². The number of aliphatic carboxylic acids is 1. The van der Waals surface area contributed by atoms with Crippen LogP contribution in [0, 0.1) is 11.8 Å². The number of carbonyl (C=O) groups excluding carboxylic acids is 1. The van der Waals surface area contributed by atoms with Crippen LogP contribution in [0.2, 0.25) is 0 Å². The molecule has 1 heterocycles. The number of urea groups is 1. The molecule has 1 aliphatic carbocycles. The number of hydrogen-bond acceptors (Lipinski definition) is 3. The molecule has 1 aromatic carbocycles. The standard InChI is InChI=1S/C18H24N2O4/c21-17(22)16(12-24-11-13-5-2-1-3-6-13)19-18(23)20-9-14-7-4-8-15(14)10-20/h1-3,5-6,14-16H,4,7-12H2,(H,19,23)(H,21,22)/t14-,15+,16-/m0/s1. The molecule has 6 heteroatoms. The third-order valence-corrected chi connectivity index (χ3v) is 5.01. The van der Waals surface area contributed by atoms with E-state index in [1.165, 1.54) is 19.3 Å². The summed E-state index contributed by atoms with van der Waals surface area (Å²) in [6, 6.07) is 8.23. The van der Waals surface area contributed by atoms with E-state index >= 15 is 0 Å². The number of rotatable bonds is 6.